The van der Waals surface area contributed by atoms with Crippen LogP contribution in [0.3, 0.4) is 0 Å². The second kappa shape index (κ2) is 5.55. The van der Waals surface area contributed by atoms with Gasteiger partial charge in [0.25, 0.3) is 0 Å². The van der Waals surface area contributed by atoms with Crippen LogP contribution in [-0.4, -0.2) is 0 Å². The van der Waals surface area contributed by atoms with Gasteiger partial charge in [-0.15, -0.1) is 0 Å². The van der Waals surface area contributed by atoms with Gasteiger partial charge in [-0.3, -0.25) is 0 Å². The molecule has 1 aromatic carbocycles. The van der Waals surface area contributed by atoms with E-state index in [0.29, 0.717) is 5.57 Å². The van der Waals surface area contributed by atoms with Gasteiger partial charge in [0, 0.05) is 0 Å². The first-order chi connectivity index (χ1) is 8.94. The monoisotopic (exact) mass is 274 g/mol. The molecule has 1 rings (SSSR count). The first-order valence-electron chi connectivity index (χ1n) is 7.11. The van der Waals surface area contributed by atoms with Crippen LogP contribution in [0.2, 0.25) is 0 Å². The maximum Gasteiger partial charge on any atom is 0.126 e. The summed E-state index contributed by atoms with van der Waals surface area (Å²) < 4.78 is 14.5. The van der Waals surface area contributed by atoms with Crippen LogP contribution in [0.5, 0.6) is 0 Å². The Hall–Kier alpha value is -1.37. The second-order valence-corrected chi connectivity index (χ2v) is 7.51. The third-order valence-electron chi connectivity index (χ3n) is 3.60. The summed E-state index contributed by atoms with van der Waals surface area (Å²) >= 11 is 0. The maximum atomic E-state index is 14.5. The van der Waals surface area contributed by atoms with Crippen molar-refractivity contribution in [3.8, 4) is 0 Å². The summed E-state index contributed by atoms with van der Waals surface area (Å²) in [5, 5.41) is 0. The first-order valence-corrected chi connectivity index (χ1v) is 7.11. The Morgan fingerprint density at radius 1 is 1.10 bits per heavy atom. The zero-order chi connectivity index (χ0) is 15.7. The van der Waals surface area contributed by atoms with E-state index in [-0.39, 0.29) is 16.7 Å². The highest BCUT2D eigenvalue weighted by Crippen LogP contribution is 2.34. The largest absolute Gasteiger partial charge is 0.207 e. The Morgan fingerprint density at radius 2 is 1.65 bits per heavy atom. The van der Waals surface area contributed by atoms with Crippen molar-refractivity contribution in [1.82, 2.24) is 0 Å². The van der Waals surface area contributed by atoms with Gasteiger partial charge in [-0.05, 0) is 46.1 Å². The highest BCUT2D eigenvalue weighted by molar-refractivity contribution is 5.63. The van der Waals surface area contributed by atoms with Crippen LogP contribution in [0.25, 0.3) is 6.08 Å². The molecule has 1 heteroatoms. The molecule has 0 atom stereocenters. The van der Waals surface area contributed by atoms with Crippen LogP contribution in [0, 0.1) is 12.3 Å². The normalized spacial score (nSPS) is 13.5. The number of benzene rings is 1. The minimum Gasteiger partial charge on any atom is -0.207 e. The fourth-order valence-electron chi connectivity index (χ4n) is 2.10. The molecule has 0 aromatic heterocycles. The average molecular weight is 274 g/mol. The third-order valence-corrected chi connectivity index (χ3v) is 3.60. The van der Waals surface area contributed by atoms with Crippen molar-refractivity contribution in [2.75, 3.05) is 0 Å². The molecule has 0 nitrogen and oxygen atoms in total. The third kappa shape index (κ3) is 3.82. The maximum absolute atomic E-state index is 14.5. The molecule has 0 spiro atoms. The van der Waals surface area contributed by atoms with Gasteiger partial charge in [0.05, 0.1) is 0 Å². The molecule has 0 saturated carbocycles. The molecule has 0 fully saturated rings. The Kier molecular flexibility index (Phi) is 4.63. The Balaban J connectivity index is 3.38. The number of hydrogen-bond acceptors (Lipinski definition) is 0. The van der Waals surface area contributed by atoms with Crippen molar-refractivity contribution < 1.29 is 4.39 Å². The van der Waals surface area contributed by atoms with E-state index >= 15 is 0 Å². The molecule has 0 radical (unpaired) electrons. The van der Waals surface area contributed by atoms with Crippen LogP contribution < -0.4 is 0 Å². The number of halogens is 1. The van der Waals surface area contributed by atoms with Crippen LogP contribution >= 0.6 is 0 Å². The standard InChI is InChI=1S/C19H27F/c1-13-10-9-11-16(19(6,7)8)15(13)12-17(20)14(2)18(3,4)5/h9-12H,2H2,1,3-8H3/b17-12+. The van der Waals surface area contributed by atoms with E-state index in [2.05, 4.69) is 33.4 Å². The lowest BCUT2D eigenvalue weighted by atomic mass is 9.81. The summed E-state index contributed by atoms with van der Waals surface area (Å²) in [6, 6.07) is 6.13. The van der Waals surface area contributed by atoms with E-state index in [0.717, 1.165) is 16.7 Å². The lowest BCUT2D eigenvalue weighted by molar-refractivity contribution is 0.478. The summed E-state index contributed by atoms with van der Waals surface area (Å²) in [7, 11) is 0. The molecular formula is C19H27F. The first kappa shape index (κ1) is 16.7. The second-order valence-electron chi connectivity index (χ2n) is 7.51. The molecule has 110 valence electrons. The van der Waals surface area contributed by atoms with Crippen LogP contribution in [0.4, 0.5) is 4.39 Å². The van der Waals surface area contributed by atoms with Crippen molar-refractivity contribution in [3.63, 3.8) is 0 Å². The SMILES string of the molecule is C=C(/C(F)=C\c1c(C)cccc1C(C)(C)C)C(C)(C)C. The van der Waals surface area contributed by atoms with Gasteiger partial charge in [0.1, 0.15) is 5.83 Å². The summed E-state index contributed by atoms with van der Waals surface area (Å²) in [6.07, 6.45) is 1.64. The van der Waals surface area contributed by atoms with Crippen molar-refractivity contribution in [1.29, 1.82) is 0 Å². The van der Waals surface area contributed by atoms with E-state index in [9.17, 15) is 4.39 Å². The lowest BCUT2D eigenvalue weighted by Gasteiger charge is -2.24. The lowest BCUT2D eigenvalue weighted by Crippen LogP contribution is -2.14. The highest BCUT2D eigenvalue weighted by Gasteiger charge is 2.21. The number of allylic oxidation sites excluding steroid dienone is 2. The molecule has 0 aliphatic heterocycles. The smallest absolute Gasteiger partial charge is 0.126 e. The Labute approximate surface area is 123 Å². The number of hydrogen-bond donors (Lipinski definition) is 0. The van der Waals surface area contributed by atoms with Gasteiger partial charge in [0.2, 0.25) is 0 Å². The molecule has 0 amide bonds. The van der Waals surface area contributed by atoms with Crippen molar-refractivity contribution >= 4 is 6.08 Å². The van der Waals surface area contributed by atoms with Gasteiger partial charge >= 0.3 is 0 Å². The minimum atomic E-state index is -0.259. The van der Waals surface area contributed by atoms with Crippen LogP contribution in [0.1, 0.15) is 58.2 Å². The van der Waals surface area contributed by atoms with Crippen molar-refractivity contribution in [2.45, 2.75) is 53.9 Å². The van der Waals surface area contributed by atoms with Gasteiger partial charge in [-0.2, -0.15) is 0 Å². The minimum absolute atomic E-state index is 0.0127. The van der Waals surface area contributed by atoms with E-state index in [1.54, 1.807) is 6.08 Å². The summed E-state index contributed by atoms with van der Waals surface area (Å²) in [4.78, 5) is 0. The van der Waals surface area contributed by atoms with E-state index in [4.69, 9.17) is 0 Å². The molecule has 20 heavy (non-hydrogen) atoms. The van der Waals surface area contributed by atoms with Crippen LogP contribution in [0.15, 0.2) is 36.2 Å². The number of aryl methyl sites for hydroxylation is 1. The fraction of sp³-hybridized carbons (Fsp3) is 0.474. The molecule has 0 aliphatic rings. The van der Waals surface area contributed by atoms with Crippen molar-refractivity contribution in [2.24, 2.45) is 5.41 Å². The zero-order valence-electron chi connectivity index (χ0n) is 13.9. The zero-order valence-corrected chi connectivity index (χ0v) is 13.9. The van der Waals surface area contributed by atoms with Gasteiger partial charge < -0.3 is 0 Å². The van der Waals surface area contributed by atoms with E-state index in [1.165, 1.54) is 0 Å². The van der Waals surface area contributed by atoms with E-state index < -0.39 is 0 Å². The summed E-state index contributed by atoms with van der Waals surface area (Å²) in [5.74, 6) is -0.225. The molecule has 0 saturated heterocycles. The van der Waals surface area contributed by atoms with Gasteiger partial charge in [-0.25, -0.2) is 4.39 Å². The van der Waals surface area contributed by atoms with Gasteiger partial charge in [0.15, 0.2) is 0 Å². The summed E-state index contributed by atoms with van der Waals surface area (Å²) in [6.45, 7) is 18.3. The summed E-state index contributed by atoms with van der Waals surface area (Å²) in [5.41, 5.74) is 3.50. The molecule has 1 aromatic rings. The Bertz CT molecular complexity index is 534. The van der Waals surface area contributed by atoms with Crippen LogP contribution in [-0.2, 0) is 5.41 Å². The predicted octanol–water partition coefficient (Wildman–Crippen LogP) is 6.21. The van der Waals surface area contributed by atoms with E-state index in [1.807, 2.05) is 39.8 Å². The quantitative estimate of drug-likeness (QED) is 0.563. The molecule has 0 bridgehead atoms. The topological polar surface area (TPSA) is 0 Å². The van der Waals surface area contributed by atoms with Crippen molar-refractivity contribution in [3.05, 3.63) is 52.9 Å². The fourth-order valence-corrected chi connectivity index (χ4v) is 2.10. The molecule has 0 N–H and O–H groups in total. The molecule has 0 unspecified atom stereocenters. The predicted molar refractivity (Wildman–Crippen MR) is 87.6 cm³/mol. The molecule has 0 heterocycles. The highest BCUT2D eigenvalue weighted by atomic mass is 19.1. The average Bonchev–Trinajstić information content (AvgIpc) is 2.27. The van der Waals surface area contributed by atoms with Gasteiger partial charge in [-0.1, -0.05) is 66.3 Å². The molecular weight excluding hydrogens is 247 g/mol. The molecule has 0 aliphatic carbocycles. The number of rotatable bonds is 2. The Morgan fingerprint density at radius 3 is 2.10 bits per heavy atom.